The molecule has 0 amide bonds. The number of nitrogens with zero attached hydrogens (tertiary/aromatic N) is 2. The molecule has 0 saturated carbocycles. The van der Waals surface area contributed by atoms with Crippen molar-refractivity contribution in [2.45, 2.75) is 24.9 Å². The number of aliphatic hydroxyl groups is 1. The Morgan fingerprint density at radius 2 is 1.86 bits per heavy atom. The van der Waals surface area contributed by atoms with E-state index in [-0.39, 0.29) is 12.2 Å². The molecule has 2 heterocycles. The van der Waals surface area contributed by atoms with Crippen LogP contribution in [0.25, 0.3) is 0 Å². The van der Waals surface area contributed by atoms with Crippen molar-refractivity contribution in [3.8, 4) is 0 Å². The quantitative estimate of drug-likeness (QED) is 0.246. The average Bonchev–Trinajstić information content (AvgIpc) is 2.82. The van der Waals surface area contributed by atoms with Crippen molar-refractivity contribution in [1.29, 1.82) is 0 Å². The Balaban J connectivity index is 1.98. The average molecular weight is 467 g/mol. The third kappa shape index (κ3) is 6.81. The molecule has 19 heteroatoms. The van der Waals surface area contributed by atoms with Crippen LogP contribution >= 0.6 is 23.5 Å². The van der Waals surface area contributed by atoms with Gasteiger partial charge in [0.25, 0.3) is 0 Å². The molecule has 0 bridgehead atoms. The van der Waals surface area contributed by atoms with Crippen molar-refractivity contribution in [1.82, 2.24) is 9.55 Å². The van der Waals surface area contributed by atoms with Crippen molar-refractivity contribution in [2.24, 2.45) is 0 Å². The fraction of sp³-hybridized carbons (Fsp3) is 0.556. The number of hydrogen-bond donors (Lipinski definition) is 6. The topological polar surface area (TPSA) is 250 Å². The van der Waals surface area contributed by atoms with E-state index in [9.17, 15) is 28.5 Å². The molecule has 1 fully saturated rings. The molecule has 4 unspecified atom stereocenters. The third-order valence-corrected chi connectivity index (χ3v) is 6.99. The Morgan fingerprint density at radius 1 is 1.21 bits per heavy atom. The van der Waals surface area contributed by atoms with Gasteiger partial charge in [-0.25, -0.2) is 18.5 Å². The van der Waals surface area contributed by atoms with Crippen molar-refractivity contribution in [3.05, 3.63) is 22.7 Å². The van der Waals surface area contributed by atoms with Crippen LogP contribution in [0.15, 0.2) is 17.1 Å². The standard InChI is InChI=1S/C9H16N3O13P3/c10-7-1-2-12(9(14)11-7)8-3-5(13)6(23-8)4-22-27(18,19)25-28(20,21)24-26(15,16)17/h1-2,5-6,8,13H,3-4H2,(H,18,19)(H,20,21)(H2,10,11,14)(H2,15,16,17)/t5?,6-,8?/m1/s1. The number of phosphoric acid groups is 3. The number of ether oxygens (including phenoxy) is 1. The van der Waals surface area contributed by atoms with Crippen LogP contribution in [-0.4, -0.2) is 53.0 Å². The van der Waals surface area contributed by atoms with E-state index in [0.717, 1.165) is 4.57 Å². The van der Waals surface area contributed by atoms with E-state index < -0.39 is 54.2 Å². The molecule has 2 rings (SSSR count). The molecule has 1 aliphatic rings. The minimum Gasteiger partial charge on any atom is -0.390 e. The van der Waals surface area contributed by atoms with Crippen LogP contribution in [0.5, 0.6) is 0 Å². The van der Waals surface area contributed by atoms with Crippen molar-refractivity contribution < 1.29 is 56.3 Å². The first kappa shape index (κ1) is 23.3. The molecular weight excluding hydrogens is 451 g/mol. The number of rotatable bonds is 8. The van der Waals surface area contributed by atoms with Crippen molar-refractivity contribution in [3.63, 3.8) is 0 Å². The lowest BCUT2D eigenvalue weighted by Gasteiger charge is -2.19. The number of nitrogen functional groups attached to an aromatic ring is 1. The highest BCUT2D eigenvalue weighted by molar-refractivity contribution is 7.66. The maximum atomic E-state index is 11.8. The molecule has 0 aromatic carbocycles. The molecule has 16 nitrogen and oxygen atoms in total. The zero-order valence-electron chi connectivity index (χ0n) is 13.6. The summed E-state index contributed by atoms with van der Waals surface area (Å²) in [5.41, 5.74) is 4.58. The van der Waals surface area contributed by atoms with Gasteiger partial charge in [0, 0.05) is 12.6 Å². The van der Waals surface area contributed by atoms with E-state index in [0.29, 0.717) is 0 Å². The van der Waals surface area contributed by atoms with Crippen LogP contribution in [0, 0.1) is 0 Å². The summed E-state index contributed by atoms with van der Waals surface area (Å²) in [5, 5.41) is 9.94. The first-order chi connectivity index (χ1) is 12.7. The molecule has 1 aromatic heterocycles. The van der Waals surface area contributed by atoms with Gasteiger partial charge >= 0.3 is 29.2 Å². The van der Waals surface area contributed by atoms with Gasteiger partial charge in [-0.15, -0.1) is 0 Å². The number of aromatic nitrogens is 2. The van der Waals surface area contributed by atoms with Crippen LogP contribution in [0.4, 0.5) is 5.82 Å². The molecule has 28 heavy (non-hydrogen) atoms. The third-order valence-electron chi connectivity index (χ3n) is 3.18. The predicted molar refractivity (Wildman–Crippen MR) is 87.3 cm³/mol. The van der Waals surface area contributed by atoms with Gasteiger partial charge < -0.3 is 35.2 Å². The summed E-state index contributed by atoms with van der Waals surface area (Å²) in [6.07, 6.45) is -2.42. The van der Waals surface area contributed by atoms with Crippen LogP contribution in [0.2, 0.25) is 0 Å². The van der Waals surface area contributed by atoms with Gasteiger partial charge in [0.05, 0.1) is 12.7 Å². The Labute approximate surface area is 155 Å². The number of phosphoric ester groups is 1. The monoisotopic (exact) mass is 467 g/mol. The lowest BCUT2D eigenvalue weighted by atomic mass is 10.2. The number of nitrogens with two attached hydrogens (primary N) is 1. The van der Waals surface area contributed by atoms with Gasteiger partial charge in [0.2, 0.25) is 0 Å². The van der Waals surface area contributed by atoms with Crippen LogP contribution in [0.3, 0.4) is 0 Å². The zero-order chi connectivity index (χ0) is 21.3. The van der Waals surface area contributed by atoms with E-state index in [1.807, 2.05) is 0 Å². The summed E-state index contributed by atoms with van der Waals surface area (Å²) in [4.78, 5) is 50.5. The summed E-state index contributed by atoms with van der Waals surface area (Å²) < 4.78 is 51.2. The second-order valence-corrected chi connectivity index (χ2v) is 9.78. The van der Waals surface area contributed by atoms with Gasteiger partial charge in [-0.1, -0.05) is 0 Å². The molecule has 1 aliphatic heterocycles. The highest BCUT2D eigenvalue weighted by Gasteiger charge is 2.42. The maximum absolute atomic E-state index is 11.8. The molecule has 5 atom stereocenters. The fourth-order valence-corrected chi connectivity index (χ4v) is 5.18. The van der Waals surface area contributed by atoms with Crippen molar-refractivity contribution in [2.75, 3.05) is 12.3 Å². The number of anilines is 1. The molecule has 0 aliphatic carbocycles. The molecule has 7 N–H and O–H groups in total. The Hall–Kier alpha value is -0.990. The van der Waals surface area contributed by atoms with E-state index in [4.69, 9.17) is 25.2 Å². The van der Waals surface area contributed by atoms with E-state index in [2.05, 4.69) is 18.1 Å². The van der Waals surface area contributed by atoms with Gasteiger partial charge in [-0.05, 0) is 6.07 Å². The van der Waals surface area contributed by atoms with Crippen LogP contribution < -0.4 is 11.4 Å². The van der Waals surface area contributed by atoms with E-state index in [1.165, 1.54) is 12.3 Å². The smallest absolute Gasteiger partial charge is 0.390 e. The molecule has 160 valence electrons. The second-order valence-electron chi connectivity index (χ2n) is 5.36. The SMILES string of the molecule is Nc1ccn(C2CC(O)[C@@H](COP(=O)(O)OP(=O)(O)OP(=O)(O)O)O2)c(=O)n1. The molecule has 1 saturated heterocycles. The predicted octanol–water partition coefficient (Wildman–Crippen LogP) is -1.18. The highest BCUT2D eigenvalue weighted by atomic mass is 31.3. The normalized spacial score (nSPS) is 27.2. The summed E-state index contributed by atoms with van der Waals surface area (Å²) in [6, 6.07) is 1.30. The Bertz CT molecular complexity index is 914. The van der Waals surface area contributed by atoms with Gasteiger partial charge in [0.15, 0.2) is 0 Å². The lowest BCUT2D eigenvalue weighted by molar-refractivity contribution is -0.0449. The van der Waals surface area contributed by atoms with E-state index in [1.54, 1.807) is 0 Å². The summed E-state index contributed by atoms with van der Waals surface area (Å²) in [7, 11) is -16.5. The molecule has 0 spiro atoms. The summed E-state index contributed by atoms with van der Waals surface area (Å²) in [6.45, 7) is -0.849. The minimum absolute atomic E-state index is 0.0380. The molecule has 0 radical (unpaired) electrons. The van der Waals surface area contributed by atoms with E-state index >= 15 is 0 Å². The summed E-state index contributed by atoms with van der Waals surface area (Å²) in [5.74, 6) is -0.0380. The zero-order valence-corrected chi connectivity index (χ0v) is 16.3. The highest BCUT2D eigenvalue weighted by Crippen LogP contribution is 2.66. The Kier molecular flexibility index (Phi) is 6.99. The first-order valence-electron chi connectivity index (χ1n) is 7.14. The largest absolute Gasteiger partial charge is 0.490 e. The second kappa shape index (κ2) is 8.40. The number of hydrogen-bond acceptors (Lipinski definition) is 11. The first-order valence-corrected chi connectivity index (χ1v) is 11.7. The Morgan fingerprint density at radius 3 is 2.43 bits per heavy atom. The minimum atomic E-state index is -5.65. The molecule has 1 aromatic rings. The number of aliphatic hydroxyl groups excluding tert-OH is 1. The van der Waals surface area contributed by atoms with Crippen molar-refractivity contribution >= 4 is 29.3 Å². The van der Waals surface area contributed by atoms with Gasteiger partial charge in [-0.2, -0.15) is 13.6 Å². The van der Waals surface area contributed by atoms with Gasteiger partial charge in [-0.3, -0.25) is 9.09 Å². The van der Waals surface area contributed by atoms with Gasteiger partial charge in [0.1, 0.15) is 18.1 Å². The van der Waals surface area contributed by atoms with Crippen LogP contribution in [0.1, 0.15) is 12.6 Å². The van der Waals surface area contributed by atoms with Crippen LogP contribution in [-0.2, 0) is 31.6 Å². The maximum Gasteiger partial charge on any atom is 0.490 e. The fourth-order valence-electron chi connectivity index (χ4n) is 2.15. The lowest BCUT2D eigenvalue weighted by Crippen LogP contribution is -2.28. The summed E-state index contributed by atoms with van der Waals surface area (Å²) >= 11 is 0. The molecular formula is C9H16N3O13P3.